The van der Waals surface area contributed by atoms with Gasteiger partial charge in [0.25, 0.3) is 0 Å². The van der Waals surface area contributed by atoms with Crippen molar-refractivity contribution in [1.82, 2.24) is 0 Å². The molecule has 0 aromatic heterocycles. The first-order chi connectivity index (χ1) is 35.0. The highest BCUT2D eigenvalue weighted by molar-refractivity contribution is 5.71. The molecule has 0 N–H and O–H groups in total. The maximum absolute atomic E-state index is 12.9. The van der Waals surface area contributed by atoms with E-state index in [1.54, 1.807) is 0 Å². The van der Waals surface area contributed by atoms with Gasteiger partial charge in [0.15, 0.2) is 6.10 Å². The van der Waals surface area contributed by atoms with Gasteiger partial charge in [0.05, 0.1) is 0 Å². The van der Waals surface area contributed by atoms with Gasteiger partial charge >= 0.3 is 17.9 Å². The summed E-state index contributed by atoms with van der Waals surface area (Å²) in [7, 11) is 0. The molecule has 0 amide bonds. The highest BCUT2D eigenvalue weighted by atomic mass is 16.6. The Bertz CT molecular complexity index is 1370. The van der Waals surface area contributed by atoms with Crippen molar-refractivity contribution in [2.75, 3.05) is 13.2 Å². The van der Waals surface area contributed by atoms with Crippen molar-refractivity contribution >= 4 is 17.9 Å². The van der Waals surface area contributed by atoms with Crippen molar-refractivity contribution in [3.63, 3.8) is 0 Å². The van der Waals surface area contributed by atoms with Crippen LogP contribution in [0.25, 0.3) is 0 Å². The summed E-state index contributed by atoms with van der Waals surface area (Å²) in [5.74, 6) is -0.937. The fourth-order valence-corrected chi connectivity index (χ4v) is 8.37. The molecule has 0 saturated heterocycles. The molecule has 0 bridgehead atoms. The lowest BCUT2D eigenvalue weighted by atomic mass is 10.1. The molecule has 1 unspecified atom stereocenters. The zero-order valence-electron chi connectivity index (χ0n) is 46.7. The maximum atomic E-state index is 12.9. The Labute approximate surface area is 439 Å². The highest BCUT2D eigenvalue weighted by Gasteiger charge is 2.19. The van der Waals surface area contributed by atoms with Crippen LogP contribution in [-0.4, -0.2) is 37.2 Å². The molecule has 0 aromatic rings. The molecule has 1 atom stereocenters. The van der Waals surface area contributed by atoms with Crippen LogP contribution in [0.2, 0.25) is 0 Å². The van der Waals surface area contributed by atoms with Crippen molar-refractivity contribution in [3.8, 4) is 0 Å². The lowest BCUT2D eigenvalue weighted by Gasteiger charge is -2.18. The largest absolute Gasteiger partial charge is 0.462 e. The van der Waals surface area contributed by atoms with Crippen LogP contribution >= 0.6 is 0 Å². The van der Waals surface area contributed by atoms with Gasteiger partial charge in [0, 0.05) is 19.3 Å². The van der Waals surface area contributed by atoms with Crippen molar-refractivity contribution in [1.29, 1.82) is 0 Å². The lowest BCUT2D eigenvalue weighted by Crippen LogP contribution is -2.30. The van der Waals surface area contributed by atoms with Gasteiger partial charge in [-0.25, -0.2) is 0 Å². The van der Waals surface area contributed by atoms with E-state index in [9.17, 15) is 14.4 Å². The molecule has 0 fully saturated rings. The monoisotopic (exact) mass is 989 g/mol. The van der Waals surface area contributed by atoms with E-state index in [4.69, 9.17) is 14.2 Å². The number of esters is 3. The number of carbonyl (C=O) groups excluding carboxylic acids is 3. The first-order valence-electron chi connectivity index (χ1n) is 30.2. The van der Waals surface area contributed by atoms with Crippen molar-refractivity contribution in [3.05, 3.63) is 85.1 Å². The predicted molar refractivity (Wildman–Crippen MR) is 307 cm³/mol. The first kappa shape index (κ1) is 67.6. The Hall–Kier alpha value is -3.41. The number of allylic oxidation sites excluding steroid dienone is 14. The molecule has 0 rings (SSSR count). The number of hydrogen-bond acceptors (Lipinski definition) is 6. The Morgan fingerprint density at radius 1 is 0.282 bits per heavy atom. The standard InChI is InChI=1S/C65H112O6/c1-4-7-10-13-16-19-22-25-28-31-33-35-37-40-43-46-49-52-55-58-64(67)70-61-62(60-69-63(66)57-54-51-48-45-42-39-36-30-27-24-21-18-15-12-9-6-3)71-65(68)59-56-53-50-47-44-41-38-34-32-29-26-23-20-17-14-11-8-5-2/h16,19,22-23,25-26,29-30,32,34,36,38-39,42,62H,4-15,17-18,20-21,24,27-28,31,33,35,37,40-41,43-61H2,1-3H3/b19-16-,25-22-,26-23-,32-29-,36-30-,38-34-,42-39-. The van der Waals surface area contributed by atoms with E-state index in [1.165, 1.54) is 154 Å². The Morgan fingerprint density at radius 2 is 0.507 bits per heavy atom. The number of ether oxygens (including phenoxy) is 3. The average molecular weight is 990 g/mol. The van der Waals surface area contributed by atoms with E-state index in [0.29, 0.717) is 19.3 Å². The molecular formula is C65H112O6. The Balaban J connectivity index is 4.46. The number of carbonyl (C=O) groups is 3. The topological polar surface area (TPSA) is 78.9 Å². The number of unbranched alkanes of at least 4 members (excludes halogenated alkanes) is 33. The first-order valence-corrected chi connectivity index (χ1v) is 30.2. The summed E-state index contributed by atoms with van der Waals surface area (Å²) in [6.07, 6.45) is 77.1. The summed E-state index contributed by atoms with van der Waals surface area (Å²) in [6, 6.07) is 0. The molecule has 408 valence electrons. The summed E-state index contributed by atoms with van der Waals surface area (Å²) in [5, 5.41) is 0. The van der Waals surface area contributed by atoms with Crippen LogP contribution in [0.3, 0.4) is 0 Å². The quantitative estimate of drug-likeness (QED) is 0.0261. The van der Waals surface area contributed by atoms with Gasteiger partial charge < -0.3 is 14.2 Å². The van der Waals surface area contributed by atoms with Gasteiger partial charge in [-0.3, -0.25) is 14.4 Å². The van der Waals surface area contributed by atoms with Crippen LogP contribution in [0, 0.1) is 0 Å². The fraction of sp³-hybridized carbons (Fsp3) is 0.738. The summed E-state index contributed by atoms with van der Waals surface area (Å²) in [4.78, 5) is 38.2. The zero-order valence-corrected chi connectivity index (χ0v) is 46.7. The second kappa shape index (κ2) is 59.2. The van der Waals surface area contributed by atoms with Gasteiger partial charge in [0.1, 0.15) is 13.2 Å². The average Bonchev–Trinajstić information content (AvgIpc) is 3.37. The van der Waals surface area contributed by atoms with E-state index in [1.807, 2.05) is 0 Å². The minimum Gasteiger partial charge on any atom is -0.462 e. The molecule has 6 nitrogen and oxygen atoms in total. The third-order valence-electron chi connectivity index (χ3n) is 13.0. The predicted octanol–water partition coefficient (Wildman–Crippen LogP) is 20.3. The molecule has 6 heteroatoms. The van der Waals surface area contributed by atoms with Gasteiger partial charge in [-0.05, 0) is 96.3 Å². The molecular weight excluding hydrogens is 877 g/mol. The van der Waals surface area contributed by atoms with Crippen molar-refractivity contribution < 1.29 is 28.6 Å². The Kier molecular flexibility index (Phi) is 56.3. The number of rotatable bonds is 54. The molecule has 0 aliphatic rings. The second-order valence-corrected chi connectivity index (χ2v) is 20.0. The van der Waals surface area contributed by atoms with E-state index in [0.717, 1.165) is 96.3 Å². The van der Waals surface area contributed by atoms with Crippen LogP contribution in [0.5, 0.6) is 0 Å². The number of hydrogen-bond donors (Lipinski definition) is 0. The summed E-state index contributed by atoms with van der Waals surface area (Å²) >= 11 is 0. The molecule has 0 radical (unpaired) electrons. The maximum Gasteiger partial charge on any atom is 0.306 e. The van der Waals surface area contributed by atoms with Crippen LogP contribution in [-0.2, 0) is 28.6 Å². The summed E-state index contributed by atoms with van der Waals surface area (Å²) in [6.45, 7) is 6.57. The van der Waals surface area contributed by atoms with Crippen molar-refractivity contribution in [2.24, 2.45) is 0 Å². The molecule has 71 heavy (non-hydrogen) atoms. The van der Waals surface area contributed by atoms with E-state index < -0.39 is 6.10 Å². The fourth-order valence-electron chi connectivity index (χ4n) is 8.37. The van der Waals surface area contributed by atoms with E-state index in [2.05, 4.69) is 106 Å². The Morgan fingerprint density at radius 3 is 0.831 bits per heavy atom. The van der Waals surface area contributed by atoms with Gasteiger partial charge in [-0.15, -0.1) is 0 Å². The molecule has 0 aromatic carbocycles. The summed E-state index contributed by atoms with van der Waals surface area (Å²) < 4.78 is 16.9. The molecule has 0 spiro atoms. The lowest BCUT2D eigenvalue weighted by molar-refractivity contribution is -0.167. The van der Waals surface area contributed by atoms with Gasteiger partial charge in [0.2, 0.25) is 0 Å². The van der Waals surface area contributed by atoms with Crippen LogP contribution in [0.4, 0.5) is 0 Å². The summed E-state index contributed by atoms with van der Waals surface area (Å²) in [5.41, 5.74) is 0. The molecule has 0 saturated carbocycles. The minimum absolute atomic E-state index is 0.0950. The van der Waals surface area contributed by atoms with E-state index in [-0.39, 0.29) is 31.1 Å². The second-order valence-electron chi connectivity index (χ2n) is 20.0. The third-order valence-corrected chi connectivity index (χ3v) is 13.0. The van der Waals surface area contributed by atoms with Crippen LogP contribution in [0.15, 0.2) is 85.1 Å². The molecule has 0 aliphatic carbocycles. The van der Waals surface area contributed by atoms with Crippen molar-refractivity contribution in [2.45, 2.75) is 297 Å². The molecule has 0 aliphatic heterocycles. The highest BCUT2D eigenvalue weighted by Crippen LogP contribution is 2.15. The minimum atomic E-state index is -0.801. The third kappa shape index (κ3) is 57.4. The normalized spacial score (nSPS) is 12.7. The SMILES string of the molecule is CCCCC/C=C\C=C/CCCCCCCCCCCCC(=O)OCC(COC(=O)CCCCC/C=C\C=C/CCCCCCCCC)OC(=O)CCCCCCC\C=C/C=C\C=C/CCCCCCC. The van der Waals surface area contributed by atoms with Crippen LogP contribution in [0.1, 0.15) is 290 Å². The van der Waals surface area contributed by atoms with E-state index >= 15 is 0 Å². The smallest absolute Gasteiger partial charge is 0.306 e. The van der Waals surface area contributed by atoms with Crippen LogP contribution < -0.4 is 0 Å². The zero-order chi connectivity index (χ0) is 51.4. The van der Waals surface area contributed by atoms with Gasteiger partial charge in [-0.2, -0.15) is 0 Å². The molecule has 0 heterocycles. The van der Waals surface area contributed by atoms with Gasteiger partial charge in [-0.1, -0.05) is 260 Å².